The Morgan fingerprint density at radius 3 is 2.43 bits per heavy atom. The fourth-order valence-corrected chi connectivity index (χ4v) is 2.33. The van der Waals surface area contributed by atoms with E-state index in [1.54, 1.807) is 11.9 Å². The molecule has 0 aliphatic carbocycles. The molecule has 0 aromatic heterocycles. The van der Waals surface area contributed by atoms with E-state index in [0.29, 0.717) is 5.69 Å². The van der Waals surface area contributed by atoms with Crippen molar-refractivity contribution in [1.82, 2.24) is 9.80 Å². The van der Waals surface area contributed by atoms with Gasteiger partial charge in [-0.2, -0.15) is 0 Å². The van der Waals surface area contributed by atoms with Crippen molar-refractivity contribution in [2.75, 3.05) is 38.5 Å². The highest BCUT2D eigenvalue weighted by Crippen LogP contribution is 2.09. The summed E-state index contributed by atoms with van der Waals surface area (Å²) in [5.74, 6) is -0.510. The van der Waals surface area contributed by atoms with Crippen LogP contribution < -0.4 is 5.32 Å². The van der Waals surface area contributed by atoms with Crippen LogP contribution in [0, 0.1) is 5.82 Å². The zero-order valence-corrected chi connectivity index (χ0v) is 12.1. The smallest absolute Gasteiger partial charge is 0.238 e. The largest absolute Gasteiger partial charge is 0.342 e. The van der Waals surface area contributed by atoms with Crippen LogP contribution in [-0.2, 0) is 9.59 Å². The molecule has 5 nitrogen and oxygen atoms in total. The molecule has 0 saturated carbocycles. The fourth-order valence-electron chi connectivity index (χ4n) is 2.33. The highest BCUT2D eigenvalue weighted by atomic mass is 19.1. The minimum atomic E-state index is -0.346. The van der Waals surface area contributed by atoms with E-state index < -0.39 is 0 Å². The van der Waals surface area contributed by atoms with E-state index in [1.165, 1.54) is 24.3 Å². The summed E-state index contributed by atoms with van der Waals surface area (Å²) in [6.45, 7) is 1.98. The summed E-state index contributed by atoms with van der Waals surface area (Å²) in [5, 5.41) is 2.67. The van der Waals surface area contributed by atoms with Crippen LogP contribution in [0.25, 0.3) is 0 Å². The first kappa shape index (κ1) is 15.4. The van der Waals surface area contributed by atoms with Gasteiger partial charge in [0.15, 0.2) is 0 Å². The second-order valence-electron chi connectivity index (χ2n) is 5.32. The Morgan fingerprint density at radius 1 is 1.19 bits per heavy atom. The van der Waals surface area contributed by atoms with Crippen LogP contribution in [0.2, 0.25) is 0 Å². The first-order chi connectivity index (χ1) is 10.0. The monoisotopic (exact) mass is 293 g/mol. The van der Waals surface area contributed by atoms with Crippen molar-refractivity contribution in [2.45, 2.75) is 12.8 Å². The van der Waals surface area contributed by atoms with Gasteiger partial charge in [-0.3, -0.25) is 14.5 Å². The van der Waals surface area contributed by atoms with Crippen LogP contribution in [0.4, 0.5) is 10.1 Å². The molecule has 0 spiro atoms. The molecule has 1 aliphatic rings. The number of nitrogens with one attached hydrogen (secondary N) is 1. The van der Waals surface area contributed by atoms with Gasteiger partial charge >= 0.3 is 0 Å². The van der Waals surface area contributed by atoms with Gasteiger partial charge in [0.1, 0.15) is 5.82 Å². The van der Waals surface area contributed by atoms with Gasteiger partial charge < -0.3 is 10.2 Å². The summed E-state index contributed by atoms with van der Waals surface area (Å²) in [5.41, 5.74) is 0.542. The van der Waals surface area contributed by atoms with E-state index in [0.717, 1.165) is 25.9 Å². The molecule has 0 bridgehead atoms. The Kier molecular flexibility index (Phi) is 5.27. The molecule has 1 saturated heterocycles. The number of benzene rings is 1. The molecule has 1 fully saturated rings. The minimum absolute atomic E-state index is 0.0598. The number of hydrogen-bond donors (Lipinski definition) is 1. The molecule has 114 valence electrons. The van der Waals surface area contributed by atoms with Crippen LogP contribution in [-0.4, -0.2) is 54.8 Å². The SMILES string of the molecule is CN(CC(=O)Nc1ccc(F)cc1)CC(=O)N1CCCC1. The van der Waals surface area contributed by atoms with Crippen molar-refractivity contribution >= 4 is 17.5 Å². The number of hydrogen-bond acceptors (Lipinski definition) is 3. The van der Waals surface area contributed by atoms with Gasteiger partial charge in [0, 0.05) is 18.8 Å². The Balaban J connectivity index is 1.76. The zero-order valence-electron chi connectivity index (χ0n) is 12.1. The van der Waals surface area contributed by atoms with Gasteiger partial charge in [0.25, 0.3) is 0 Å². The van der Waals surface area contributed by atoms with Crippen LogP contribution in [0.1, 0.15) is 12.8 Å². The number of likely N-dealkylation sites (tertiary alicyclic amines) is 1. The van der Waals surface area contributed by atoms with E-state index in [-0.39, 0.29) is 30.7 Å². The number of rotatable bonds is 5. The number of amides is 2. The second kappa shape index (κ2) is 7.17. The highest BCUT2D eigenvalue weighted by molar-refractivity contribution is 5.92. The van der Waals surface area contributed by atoms with Crippen molar-refractivity contribution < 1.29 is 14.0 Å². The molecular weight excluding hydrogens is 273 g/mol. The molecule has 0 atom stereocenters. The van der Waals surface area contributed by atoms with Gasteiger partial charge in [-0.25, -0.2) is 4.39 Å². The molecule has 1 heterocycles. The lowest BCUT2D eigenvalue weighted by atomic mass is 10.3. The normalized spacial score (nSPS) is 14.5. The average Bonchev–Trinajstić information content (AvgIpc) is 2.95. The van der Waals surface area contributed by atoms with E-state index >= 15 is 0 Å². The van der Waals surface area contributed by atoms with Gasteiger partial charge in [-0.05, 0) is 44.2 Å². The van der Waals surface area contributed by atoms with Gasteiger partial charge in [-0.15, -0.1) is 0 Å². The minimum Gasteiger partial charge on any atom is -0.342 e. The Bertz CT molecular complexity index is 498. The van der Waals surface area contributed by atoms with Crippen LogP contribution in [0.5, 0.6) is 0 Å². The summed E-state index contributed by atoms with van der Waals surface area (Å²) in [6, 6.07) is 5.58. The maximum Gasteiger partial charge on any atom is 0.238 e. The summed E-state index contributed by atoms with van der Waals surface area (Å²) >= 11 is 0. The van der Waals surface area contributed by atoms with Gasteiger partial charge in [0.05, 0.1) is 13.1 Å². The topological polar surface area (TPSA) is 52.7 Å². The fraction of sp³-hybridized carbons (Fsp3) is 0.467. The third-order valence-corrected chi connectivity index (χ3v) is 3.41. The van der Waals surface area contributed by atoms with E-state index in [1.807, 2.05) is 4.90 Å². The molecule has 0 unspecified atom stereocenters. The van der Waals surface area contributed by atoms with Crippen LogP contribution >= 0.6 is 0 Å². The lowest BCUT2D eigenvalue weighted by Crippen LogP contribution is -2.40. The first-order valence-corrected chi connectivity index (χ1v) is 7.06. The molecule has 0 radical (unpaired) electrons. The highest BCUT2D eigenvalue weighted by Gasteiger charge is 2.19. The summed E-state index contributed by atoms with van der Waals surface area (Å²) in [7, 11) is 1.73. The van der Waals surface area contributed by atoms with Crippen molar-refractivity contribution in [3.63, 3.8) is 0 Å². The molecule has 2 rings (SSSR count). The number of halogens is 1. The molecule has 21 heavy (non-hydrogen) atoms. The second-order valence-corrected chi connectivity index (χ2v) is 5.32. The molecule has 1 aliphatic heterocycles. The van der Waals surface area contributed by atoms with Gasteiger partial charge in [-0.1, -0.05) is 0 Å². The summed E-state index contributed by atoms with van der Waals surface area (Å²) in [4.78, 5) is 27.3. The standard InChI is InChI=1S/C15H20FN3O2/c1-18(11-15(21)19-8-2-3-9-19)10-14(20)17-13-6-4-12(16)5-7-13/h4-7H,2-3,8-11H2,1H3,(H,17,20). The van der Waals surface area contributed by atoms with E-state index in [9.17, 15) is 14.0 Å². The molecular formula is C15H20FN3O2. The Morgan fingerprint density at radius 2 is 1.81 bits per heavy atom. The molecule has 1 aromatic rings. The Hall–Kier alpha value is -1.95. The third kappa shape index (κ3) is 4.82. The number of carbonyl (C=O) groups excluding carboxylic acids is 2. The third-order valence-electron chi connectivity index (χ3n) is 3.41. The Labute approximate surface area is 123 Å². The maximum absolute atomic E-state index is 12.8. The number of likely N-dealkylation sites (N-methyl/N-ethyl adjacent to an activating group) is 1. The number of carbonyl (C=O) groups is 2. The average molecular weight is 293 g/mol. The zero-order chi connectivity index (χ0) is 15.2. The van der Waals surface area contributed by atoms with Crippen LogP contribution in [0.3, 0.4) is 0 Å². The van der Waals surface area contributed by atoms with E-state index in [2.05, 4.69) is 5.32 Å². The molecule has 1 N–H and O–H groups in total. The number of nitrogens with zero attached hydrogens (tertiary/aromatic N) is 2. The quantitative estimate of drug-likeness (QED) is 0.891. The van der Waals surface area contributed by atoms with Crippen molar-refractivity contribution in [3.05, 3.63) is 30.1 Å². The molecule has 6 heteroatoms. The first-order valence-electron chi connectivity index (χ1n) is 7.06. The lowest BCUT2D eigenvalue weighted by Gasteiger charge is -2.20. The van der Waals surface area contributed by atoms with Crippen molar-refractivity contribution in [2.24, 2.45) is 0 Å². The summed E-state index contributed by atoms with van der Waals surface area (Å²) < 4.78 is 12.8. The molecule has 1 aromatic carbocycles. The maximum atomic E-state index is 12.8. The molecule has 2 amide bonds. The van der Waals surface area contributed by atoms with Crippen molar-refractivity contribution in [3.8, 4) is 0 Å². The predicted octanol–water partition coefficient (Wildman–Crippen LogP) is 1.32. The summed E-state index contributed by atoms with van der Waals surface area (Å²) in [6.07, 6.45) is 2.11. The number of anilines is 1. The predicted molar refractivity (Wildman–Crippen MR) is 78.3 cm³/mol. The van der Waals surface area contributed by atoms with Crippen LogP contribution in [0.15, 0.2) is 24.3 Å². The van der Waals surface area contributed by atoms with Gasteiger partial charge in [0.2, 0.25) is 11.8 Å². The lowest BCUT2D eigenvalue weighted by molar-refractivity contribution is -0.131. The van der Waals surface area contributed by atoms with Crippen molar-refractivity contribution in [1.29, 1.82) is 0 Å². The van der Waals surface area contributed by atoms with E-state index in [4.69, 9.17) is 0 Å².